The number of hydrogen-bond acceptors (Lipinski definition) is 6. The van der Waals surface area contributed by atoms with Crippen LogP contribution in [0.1, 0.15) is 28.2 Å². The van der Waals surface area contributed by atoms with Crippen LogP contribution in [-0.2, 0) is 0 Å². The Hall–Kier alpha value is -3.03. The molecule has 0 unspecified atom stereocenters. The lowest BCUT2D eigenvalue weighted by Gasteiger charge is -2.42. The lowest BCUT2D eigenvalue weighted by atomic mass is 10.0. The highest BCUT2D eigenvalue weighted by Crippen LogP contribution is 2.31. The summed E-state index contributed by atoms with van der Waals surface area (Å²) in [4.78, 5) is 19.1. The van der Waals surface area contributed by atoms with E-state index in [-0.39, 0.29) is 18.0 Å². The number of amides is 1. The zero-order valence-electron chi connectivity index (χ0n) is 19.4. The Balaban J connectivity index is 1.44. The summed E-state index contributed by atoms with van der Waals surface area (Å²) in [5.74, 6) is 1.47. The molecule has 0 spiro atoms. The molecular formula is C26H31N3O3S. The lowest BCUT2D eigenvalue weighted by molar-refractivity contribution is 0.0890. The lowest BCUT2D eigenvalue weighted by Crippen LogP contribution is -2.52. The van der Waals surface area contributed by atoms with Gasteiger partial charge in [-0.15, -0.1) is 11.3 Å². The smallest absolute Gasteiger partial charge is 0.251 e. The van der Waals surface area contributed by atoms with Gasteiger partial charge in [-0.3, -0.25) is 9.69 Å². The summed E-state index contributed by atoms with van der Waals surface area (Å²) in [6.45, 7) is 5.82. The van der Waals surface area contributed by atoms with Crippen LogP contribution in [0.25, 0.3) is 0 Å². The monoisotopic (exact) mass is 465 g/mol. The maximum atomic E-state index is 13.0. The zero-order valence-corrected chi connectivity index (χ0v) is 20.2. The van der Waals surface area contributed by atoms with Gasteiger partial charge in [0.25, 0.3) is 5.91 Å². The molecule has 1 saturated heterocycles. The largest absolute Gasteiger partial charge is 0.497 e. The highest BCUT2D eigenvalue weighted by atomic mass is 32.1. The van der Waals surface area contributed by atoms with E-state index < -0.39 is 0 Å². The Morgan fingerprint density at radius 1 is 0.939 bits per heavy atom. The molecule has 174 valence electrons. The number of ether oxygens (including phenoxy) is 2. The van der Waals surface area contributed by atoms with Gasteiger partial charge in [-0.1, -0.05) is 12.1 Å². The molecule has 0 radical (unpaired) electrons. The van der Waals surface area contributed by atoms with Crippen molar-refractivity contribution in [3.8, 4) is 11.5 Å². The van der Waals surface area contributed by atoms with Gasteiger partial charge in [0.2, 0.25) is 0 Å². The van der Waals surface area contributed by atoms with E-state index >= 15 is 0 Å². The minimum atomic E-state index is -0.0835. The number of rotatable bonds is 8. The number of anilines is 1. The van der Waals surface area contributed by atoms with E-state index in [0.717, 1.165) is 31.9 Å². The Bertz CT molecular complexity index is 1030. The third-order valence-electron chi connectivity index (χ3n) is 6.14. The Morgan fingerprint density at radius 2 is 1.67 bits per heavy atom. The van der Waals surface area contributed by atoms with Crippen molar-refractivity contribution < 1.29 is 14.3 Å². The third-order valence-corrected chi connectivity index (χ3v) is 7.09. The molecule has 3 aromatic rings. The van der Waals surface area contributed by atoms with Gasteiger partial charge in [0.15, 0.2) is 0 Å². The summed E-state index contributed by atoms with van der Waals surface area (Å²) < 4.78 is 10.6. The molecule has 0 bridgehead atoms. The fourth-order valence-corrected chi connectivity index (χ4v) is 5.35. The summed E-state index contributed by atoms with van der Waals surface area (Å²) in [6.07, 6.45) is 0. The molecule has 1 amide bonds. The van der Waals surface area contributed by atoms with E-state index in [1.807, 2.05) is 30.3 Å². The molecule has 4 rings (SSSR count). The summed E-state index contributed by atoms with van der Waals surface area (Å²) in [7, 11) is 3.30. The molecule has 1 fully saturated rings. The summed E-state index contributed by atoms with van der Waals surface area (Å²) in [6, 6.07) is 19.8. The van der Waals surface area contributed by atoms with Crippen molar-refractivity contribution in [3.63, 3.8) is 0 Å². The second kappa shape index (κ2) is 10.7. The van der Waals surface area contributed by atoms with E-state index in [4.69, 9.17) is 9.47 Å². The average Bonchev–Trinajstić information content (AvgIpc) is 3.39. The maximum Gasteiger partial charge on any atom is 0.251 e. The van der Waals surface area contributed by atoms with Crippen LogP contribution >= 0.6 is 11.3 Å². The van der Waals surface area contributed by atoms with E-state index in [1.165, 1.54) is 10.6 Å². The number of methoxy groups -OCH3 is 2. The van der Waals surface area contributed by atoms with Gasteiger partial charge in [-0.2, -0.15) is 0 Å². The van der Waals surface area contributed by atoms with Crippen LogP contribution in [-0.4, -0.2) is 57.2 Å². The average molecular weight is 466 g/mol. The van der Waals surface area contributed by atoms with Crippen LogP contribution in [0.2, 0.25) is 0 Å². The van der Waals surface area contributed by atoms with E-state index in [0.29, 0.717) is 11.3 Å². The SMILES string of the molecule is COc1ccc(N2CCN([C@H](c3cccs3)[C@H](C)NC(=O)c3cccc(OC)c3)CC2)cc1. The quantitative estimate of drug-likeness (QED) is 0.533. The molecule has 2 heterocycles. The first-order valence-corrected chi connectivity index (χ1v) is 12.1. The molecule has 1 aliphatic heterocycles. The third kappa shape index (κ3) is 5.49. The Morgan fingerprint density at radius 3 is 2.30 bits per heavy atom. The van der Waals surface area contributed by atoms with Gasteiger partial charge < -0.3 is 19.7 Å². The Labute approximate surface area is 199 Å². The maximum absolute atomic E-state index is 13.0. The standard InChI is InChI=1S/C26H31N3O3S/c1-19(27-26(30)20-6-4-7-23(18-20)32-3)25(24-8-5-17-33-24)29-15-13-28(14-16-29)21-9-11-22(31-2)12-10-21/h4-12,17-19,25H,13-16H2,1-3H3,(H,27,30)/t19-,25-/m0/s1. The summed E-state index contributed by atoms with van der Waals surface area (Å²) in [5.41, 5.74) is 1.82. The predicted octanol–water partition coefficient (Wildman–Crippen LogP) is 4.45. The van der Waals surface area contributed by atoms with Crippen molar-refractivity contribution in [1.82, 2.24) is 10.2 Å². The minimum absolute atomic E-state index is 0.0464. The van der Waals surface area contributed by atoms with E-state index in [1.54, 1.807) is 31.6 Å². The predicted molar refractivity (Wildman–Crippen MR) is 134 cm³/mol. The minimum Gasteiger partial charge on any atom is -0.497 e. The molecule has 0 saturated carbocycles. The molecule has 1 N–H and O–H groups in total. The molecule has 1 aromatic heterocycles. The highest BCUT2D eigenvalue weighted by molar-refractivity contribution is 7.10. The van der Waals surface area contributed by atoms with E-state index in [2.05, 4.69) is 51.7 Å². The first-order valence-electron chi connectivity index (χ1n) is 11.2. The fourth-order valence-electron chi connectivity index (χ4n) is 4.39. The molecular weight excluding hydrogens is 434 g/mol. The van der Waals surface area contributed by atoms with Crippen LogP contribution in [0.15, 0.2) is 66.0 Å². The van der Waals surface area contributed by atoms with Crippen LogP contribution in [0.4, 0.5) is 5.69 Å². The number of benzene rings is 2. The topological polar surface area (TPSA) is 54.0 Å². The number of thiophene rings is 1. The number of hydrogen-bond donors (Lipinski definition) is 1. The van der Waals surface area contributed by atoms with Crippen LogP contribution in [0.3, 0.4) is 0 Å². The molecule has 2 atom stereocenters. The molecule has 33 heavy (non-hydrogen) atoms. The van der Waals surface area contributed by atoms with Crippen molar-refractivity contribution in [2.45, 2.75) is 19.0 Å². The highest BCUT2D eigenvalue weighted by Gasteiger charge is 2.31. The number of carbonyl (C=O) groups is 1. The Kier molecular flexibility index (Phi) is 7.52. The first-order chi connectivity index (χ1) is 16.1. The van der Waals surface area contributed by atoms with Crippen LogP contribution < -0.4 is 19.7 Å². The summed E-state index contributed by atoms with van der Waals surface area (Å²) in [5, 5.41) is 5.34. The zero-order chi connectivity index (χ0) is 23.2. The van der Waals surface area contributed by atoms with E-state index in [9.17, 15) is 4.79 Å². The van der Waals surface area contributed by atoms with Gasteiger partial charge in [0.1, 0.15) is 11.5 Å². The molecule has 7 heteroatoms. The van der Waals surface area contributed by atoms with Gasteiger partial charge >= 0.3 is 0 Å². The summed E-state index contributed by atoms with van der Waals surface area (Å²) >= 11 is 1.74. The fraction of sp³-hybridized carbons (Fsp3) is 0.346. The van der Waals surface area contributed by atoms with Crippen molar-refractivity contribution in [3.05, 3.63) is 76.5 Å². The van der Waals surface area contributed by atoms with Crippen LogP contribution in [0, 0.1) is 0 Å². The molecule has 0 aliphatic carbocycles. The van der Waals surface area contributed by atoms with Gasteiger partial charge in [-0.05, 0) is 60.8 Å². The van der Waals surface area contributed by atoms with Gasteiger partial charge in [0.05, 0.1) is 20.3 Å². The molecule has 6 nitrogen and oxygen atoms in total. The molecule has 2 aromatic carbocycles. The molecule has 1 aliphatic rings. The second-order valence-corrected chi connectivity index (χ2v) is 9.15. The number of piperazine rings is 1. The number of nitrogens with zero attached hydrogens (tertiary/aromatic N) is 2. The van der Waals surface area contributed by atoms with Gasteiger partial charge in [0, 0.05) is 48.3 Å². The normalized spacial score (nSPS) is 16.2. The van der Waals surface area contributed by atoms with Crippen molar-refractivity contribution in [2.75, 3.05) is 45.3 Å². The second-order valence-electron chi connectivity index (χ2n) is 8.18. The van der Waals surface area contributed by atoms with Crippen molar-refractivity contribution in [1.29, 1.82) is 0 Å². The number of carbonyl (C=O) groups excluding carboxylic acids is 1. The van der Waals surface area contributed by atoms with Crippen LogP contribution in [0.5, 0.6) is 11.5 Å². The van der Waals surface area contributed by atoms with Crippen molar-refractivity contribution in [2.24, 2.45) is 0 Å². The first kappa shape index (κ1) is 23.1. The van der Waals surface area contributed by atoms with Crippen molar-refractivity contribution >= 4 is 22.9 Å². The van der Waals surface area contributed by atoms with Gasteiger partial charge in [-0.25, -0.2) is 0 Å². The number of nitrogens with one attached hydrogen (secondary N) is 1.